The van der Waals surface area contributed by atoms with Crippen LogP contribution in [0.2, 0.25) is 0 Å². The Kier molecular flexibility index (Phi) is 11.4. The maximum Gasteiger partial charge on any atom is 0.335 e. The smallest absolute Gasteiger partial charge is 0.335 e. The van der Waals surface area contributed by atoms with Gasteiger partial charge in [0.25, 0.3) is 0 Å². The van der Waals surface area contributed by atoms with Crippen LogP contribution in [-0.2, 0) is 13.0 Å². The average molecular weight is 672 g/mol. The van der Waals surface area contributed by atoms with Crippen molar-refractivity contribution in [3.05, 3.63) is 138 Å². The Bertz CT molecular complexity index is 2030. The summed E-state index contributed by atoms with van der Waals surface area (Å²) in [7, 11) is 6.14. The number of aromatic nitrogens is 3. The van der Waals surface area contributed by atoms with Crippen LogP contribution in [0.15, 0.2) is 115 Å². The molecule has 2 aromatic heterocycles. The van der Waals surface area contributed by atoms with Crippen LogP contribution in [0.3, 0.4) is 0 Å². The van der Waals surface area contributed by atoms with E-state index in [-0.39, 0.29) is 0 Å². The molecule has 0 amide bonds. The van der Waals surface area contributed by atoms with E-state index in [1.165, 1.54) is 16.6 Å². The van der Waals surface area contributed by atoms with E-state index >= 15 is 0 Å². The summed E-state index contributed by atoms with van der Waals surface area (Å²) >= 11 is 5.55. The number of nitrogens with zero attached hydrogens (tertiary/aromatic N) is 5. The molecule has 4 aromatic carbocycles. The number of hydrogen-bond acceptors (Lipinski definition) is 6. The van der Waals surface area contributed by atoms with E-state index in [9.17, 15) is 4.79 Å². The first-order valence-corrected chi connectivity index (χ1v) is 16.3. The second kappa shape index (κ2) is 16.0. The lowest BCUT2D eigenvalue weighted by molar-refractivity contribution is 0.0697. The molecule has 0 aliphatic carbocycles. The van der Waals surface area contributed by atoms with Gasteiger partial charge in [-0.25, -0.2) is 4.79 Å². The predicted molar refractivity (Wildman–Crippen MR) is 204 cm³/mol. The number of nitrogens with two attached hydrogens (primary N) is 1. The number of rotatable bonds is 10. The Morgan fingerprint density at radius 1 is 0.837 bits per heavy atom. The third-order valence-electron chi connectivity index (χ3n) is 8.20. The van der Waals surface area contributed by atoms with E-state index in [4.69, 9.17) is 23.1 Å². The Morgan fingerprint density at radius 2 is 1.51 bits per heavy atom. The van der Waals surface area contributed by atoms with Gasteiger partial charge in [-0.05, 0) is 97.8 Å². The molecule has 6 rings (SSSR count). The zero-order valence-corrected chi connectivity index (χ0v) is 29.0. The molecule has 10 heteroatoms. The molecule has 4 N–H and O–H groups in total. The van der Waals surface area contributed by atoms with Gasteiger partial charge in [0.1, 0.15) is 0 Å². The van der Waals surface area contributed by atoms with Gasteiger partial charge >= 0.3 is 5.97 Å². The second-order valence-electron chi connectivity index (χ2n) is 12.0. The first kappa shape index (κ1) is 34.7. The van der Waals surface area contributed by atoms with Gasteiger partial charge in [-0.3, -0.25) is 4.90 Å². The third kappa shape index (κ3) is 8.86. The number of anilines is 3. The van der Waals surface area contributed by atoms with Crippen LogP contribution < -0.4 is 15.5 Å². The van der Waals surface area contributed by atoms with Crippen molar-refractivity contribution in [1.82, 2.24) is 20.1 Å². The monoisotopic (exact) mass is 671 g/mol. The number of fused-ring (bicyclic) bond motifs is 1. The molecule has 0 aliphatic rings. The summed E-state index contributed by atoms with van der Waals surface area (Å²) in [4.78, 5) is 20.0. The maximum absolute atomic E-state index is 10.2. The van der Waals surface area contributed by atoms with E-state index in [1.54, 1.807) is 36.5 Å². The molecule has 250 valence electrons. The lowest BCUT2D eigenvalue weighted by Crippen LogP contribution is -2.31. The minimum absolute atomic E-state index is 0.305. The van der Waals surface area contributed by atoms with Crippen LogP contribution in [0.25, 0.3) is 22.0 Å². The number of nitrogens with one attached hydrogen (secondary N) is 1. The fourth-order valence-electron chi connectivity index (χ4n) is 5.65. The van der Waals surface area contributed by atoms with Crippen LogP contribution in [0.4, 0.5) is 17.1 Å². The van der Waals surface area contributed by atoms with E-state index < -0.39 is 5.97 Å². The Balaban J connectivity index is 0.000000452. The summed E-state index contributed by atoms with van der Waals surface area (Å²) in [6, 6.07) is 35.4. The van der Waals surface area contributed by atoms with Crippen LogP contribution in [0.1, 0.15) is 27.3 Å². The molecule has 0 bridgehead atoms. The maximum atomic E-state index is 10.2. The van der Waals surface area contributed by atoms with Crippen molar-refractivity contribution in [2.45, 2.75) is 19.9 Å². The summed E-state index contributed by atoms with van der Waals surface area (Å²) < 4.78 is 0. The van der Waals surface area contributed by atoms with Gasteiger partial charge in [0.2, 0.25) is 0 Å². The highest BCUT2D eigenvalue weighted by molar-refractivity contribution is 7.80. The quantitative estimate of drug-likeness (QED) is 0.128. The van der Waals surface area contributed by atoms with E-state index in [0.29, 0.717) is 10.7 Å². The van der Waals surface area contributed by atoms with Gasteiger partial charge < -0.3 is 25.6 Å². The first-order valence-electron chi connectivity index (χ1n) is 15.9. The van der Waals surface area contributed by atoms with Crippen molar-refractivity contribution >= 4 is 51.3 Å². The van der Waals surface area contributed by atoms with Gasteiger partial charge in [-0.15, -0.1) is 0 Å². The number of aryl methyl sites for hydroxylation is 1. The van der Waals surface area contributed by atoms with E-state index in [1.807, 2.05) is 54.2 Å². The number of hydrogen-bond donors (Lipinski definition) is 3. The first-order chi connectivity index (χ1) is 23.6. The normalized spacial score (nSPS) is 10.8. The molecule has 2 heterocycles. The molecule has 0 aliphatic heterocycles. The minimum Gasteiger partial charge on any atom is -0.478 e. The minimum atomic E-state index is -0.879. The van der Waals surface area contributed by atoms with Crippen molar-refractivity contribution in [3.63, 3.8) is 0 Å². The van der Waals surface area contributed by atoms with Crippen molar-refractivity contribution in [1.29, 1.82) is 0 Å². The summed E-state index contributed by atoms with van der Waals surface area (Å²) in [6.45, 7) is 3.74. The van der Waals surface area contributed by atoms with Crippen LogP contribution in [0.5, 0.6) is 0 Å². The highest BCUT2D eigenvalue weighted by Gasteiger charge is 2.17. The number of aromatic amines is 1. The largest absolute Gasteiger partial charge is 0.478 e. The molecular formula is C39H41N7O2S. The molecule has 0 saturated heterocycles. The molecule has 0 saturated carbocycles. The Hall–Kier alpha value is -5.58. The number of thiocarbonyl (C=S) groups is 1. The highest BCUT2D eigenvalue weighted by Crippen LogP contribution is 2.33. The molecule has 0 radical (unpaired) electrons. The molecular weight excluding hydrogens is 631 g/mol. The summed E-state index contributed by atoms with van der Waals surface area (Å²) in [6.07, 6.45) is 2.67. The third-order valence-corrected chi connectivity index (χ3v) is 8.38. The summed E-state index contributed by atoms with van der Waals surface area (Å²) in [5.41, 5.74) is 16.3. The standard InChI is InChI=1S/C32H35N7S.C7H6O2/c1-22-29(15-16-38(4)21-25-18-28(37(2)3)20-34-36-25)30-19-27(13-14-31(30)35-22)39(32(33)40)26-12-8-11-24(17-26)23-9-6-5-7-10-23;8-7(9)6-4-2-1-3-5-6/h5-14,17-20,35H,15-16,21H2,1-4H3,(H2,33,40);1-5H,(H,8,9). The summed E-state index contributed by atoms with van der Waals surface area (Å²) in [5, 5.41) is 18.4. The second-order valence-corrected chi connectivity index (χ2v) is 12.4. The van der Waals surface area contributed by atoms with E-state index in [0.717, 1.165) is 58.9 Å². The number of carboxylic acids is 1. The van der Waals surface area contributed by atoms with Crippen molar-refractivity contribution in [3.8, 4) is 11.1 Å². The van der Waals surface area contributed by atoms with Crippen LogP contribution in [-0.4, -0.2) is 64.0 Å². The lowest BCUT2D eigenvalue weighted by atomic mass is 10.0. The molecule has 0 fully saturated rings. The van der Waals surface area contributed by atoms with Gasteiger partial charge in [0, 0.05) is 55.2 Å². The van der Waals surface area contributed by atoms with Crippen LogP contribution in [0, 0.1) is 6.92 Å². The fourth-order valence-corrected chi connectivity index (χ4v) is 5.86. The van der Waals surface area contributed by atoms with E-state index in [2.05, 4.69) is 82.6 Å². The predicted octanol–water partition coefficient (Wildman–Crippen LogP) is 7.44. The van der Waals surface area contributed by atoms with Gasteiger partial charge in [-0.2, -0.15) is 10.2 Å². The van der Waals surface area contributed by atoms with Gasteiger partial charge in [0.15, 0.2) is 5.11 Å². The number of aromatic carboxylic acids is 1. The highest BCUT2D eigenvalue weighted by atomic mass is 32.1. The SMILES string of the molecule is Cc1[nH]c2ccc(N(C(N)=S)c3cccc(-c4ccccc4)c3)cc2c1CCN(C)Cc1cc(N(C)C)cnn1.O=C(O)c1ccccc1. The molecule has 0 spiro atoms. The Labute approximate surface area is 292 Å². The topological polar surface area (TPSA) is 115 Å². The zero-order chi connectivity index (χ0) is 34.9. The van der Waals surface area contributed by atoms with Crippen molar-refractivity contribution in [2.75, 3.05) is 37.5 Å². The Morgan fingerprint density at radius 3 is 2.16 bits per heavy atom. The lowest BCUT2D eigenvalue weighted by Gasteiger charge is -2.24. The number of likely N-dealkylation sites (N-methyl/N-ethyl adjacent to an activating group) is 1. The molecule has 49 heavy (non-hydrogen) atoms. The zero-order valence-electron chi connectivity index (χ0n) is 28.2. The molecule has 0 atom stereocenters. The number of carboxylic acid groups (broad SMARTS) is 1. The average Bonchev–Trinajstić information content (AvgIpc) is 3.42. The molecule has 6 aromatic rings. The van der Waals surface area contributed by atoms with Gasteiger partial charge in [-0.1, -0.05) is 60.7 Å². The fraction of sp³-hybridized carbons (Fsp3) is 0.179. The van der Waals surface area contributed by atoms with Crippen molar-refractivity contribution in [2.24, 2.45) is 5.73 Å². The van der Waals surface area contributed by atoms with Crippen molar-refractivity contribution < 1.29 is 9.90 Å². The number of benzene rings is 4. The molecule has 0 unspecified atom stereocenters. The number of H-pyrrole nitrogens is 1. The molecule has 9 nitrogen and oxygen atoms in total. The number of carbonyl (C=O) groups is 1. The van der Waals surface area contributed by atoms with Gasteiger partial charge in [0.05, 0.1) is 23.1 Å². The summed E-state index contributed by atoms with van der Waals surface area (Å²) in [5.74, 6) is -0.879. The van der Waals surface area contributed by atoms with Crippen LogP contribution >= 0.6 is 12.2 Å².